The molecule has 3 amide bonds. The summed E-state index contributed by atoms with van der Waals surface area (Å²) in [5.41, 5.74) is -0.446. The van der Waals surface area contributed by atoms with Crippen LogP contribution in [0.5, 0.6) is 5.75 Å². The standard InChI is InChI=1S/C25H31F3N4O6S/c1-15-12-32(16(2)14-33)23(34)20-11-19(9-10-21(20)38-22(15)13-31(3)39(4,36)37)30-24(35)29-18-7-5-17(6-8-18)25(26,27)28/h5-11,15-16,22,33H,12-14H2,1-4H3,(H2,29,30,35)/t15-,16-,22-/m0/s1. The molecule has 0 saturated carbocycles. The average Bonchev–Trinajstić information content (AvgIpc) is 2.85. The largest absolute Gasteiger partial charge is 0.488 e. The maximum absolute atomic E-state index is 13.5. The lowest BCUT2D eigenvalue weighted by Crippen LogP contribution is -2.50. The normalized spacial score (nSPS) is 19.0. The predicted octanol–water partition coefficient (Wildman–Crippen LogP) is 3.46. The molecule has 0 aliphatic carbocycles. The zero-order chi connectivity index (χ0) is 29.1. The number of carbonyl (C=O) groups excluding carboxylic acids is 2. The fraction of sp³-hybridized carbons (Fsp3) is 0.440. The van der Waals surface area contributed by atoms with Crippen LogP contribution in [0.2, 0.25) is 0 Å². The van der Waals surface area contributed by atoms with E-state index in [4.69, 9.17) is 4.74 Å². The number of hydrogen-bond acceptors (Lipinski definition) is 6. The molecule has 214 valence electrons. The molecule has 0 aromatic heterocycles. The van der Waals surface area contributed by atoms with E-state index in [0.29, 0.717) is 0 Å². The van der Waals surface area contributed by atoms with Gasteiger partial charge in [-0.3, -0.25) is 4.79 Å². The Hall–Kier alpha value is -3.36. The van der Waals surface area contributed by atoms with E-state index in [1.807, 2.05) is 6.92 Å². The number of benzene rings is 2. The highest BCUT2D eigenvalue weighted by molar-refractivity contribution is 7.88. The van der Waals surface area contributed by atoms with Crippen molar-refractivity contribution in [2.24, 2.45) is 5.92 Å². The van der Waals surface area contributed by atoms with Crippen LogP contribution in [-0.2, 0) is 16.2 Å². The zero-order valence-electron chi connectivity index (χ0n) is 21.8. The fourth-order valence-electron chi connectivity index (χ4n) is 3.94. The predicted molar refractivity (Wildman–Crippen MR) is 139 cm³/mol. The lowest BCUT2D eigenvalue weighted by Gasteiger charge is -2.38. The maximum Gasteiger partial charge on any atom is 0.416 e. The van der Waals surface area contributed by atoms with Crippen molar-refractivity contribution >= 4 is 33.3 Å². The molecule has 2 aromatic rings. The second-order valence-corrected chi connectivity index (χ2v) is 11.6. The molecule has 3 atom stereocenters. The third kappa shape index (κ3) is 7.61. The maximum atomic E-state index is 13.5. The molecule has 10 nitrogen and oxygen atoms in total. The van der Waals surface area contributed by atoms with Crippen LogP contribution in [0.25, 0.3) is 0 Å². The summed E-state index contributed by atoms with van der Waals surface area (Å²) in [5, 5.41) is 14.7. The number of amides is 3. The molecule has 14 heteroatoms. The van der Waals surface area contributed by atoms with E-state index in [0.717, 1.165) is 34.8 Å². The van der Waals surface area contributed by atoms with Crippen LogP contribution in [-0.4, -0.2) is 79.8 Å². The van der Waals surface area contributed by atoms with Crippen LogP contribution in [0.1, 0.15) is 29.8 Å². The summed E-state index contributed by atoms with van der Waals surface area (Å²) in [6.45, 7) is 3.37. The lowest BCUT2D eigenvalue weighted by molar-refractivity contribution is -0.137. The summed E-state index contributed by atoms with van der Waals surface area (Å²) >= 11 is 0. The number of hydrogen-bond donors (Lipinski definition) is 3. The highest BCUT2D eigenvalue weighted by atomic mass is 32.2. The molecular formula is C25H31F3N4O6S. The van der Waals surface area contributed by atoms with Crippen LogP contribution < -0.4 is 15.4 Å². The summed E-state index contributed by atoms with van der Waals surface area (Å²) in [6.07, 6.45) is -4.06. The fourth-order valence-corrected chi connectivity index (χ4v) is 4.36. The summed E-state index contributed by atoms with van der Waals surface area (Å²) in [7, 11) is -2.08. The second kappa shape index (κ2) is 11.8. The smallest absolute Gasteiger partial charge is 0.416 e. The number of nitrogens with one attached hydrogen (secondary N) is 2. The van der Waals surface area contributed by atoms with Crippen molar-refractivity contribution in [3.05, 3.63) is 53.6 Å². The highest BCUT2D eigenvalue weighted by Crippen LogP contribution is 2.32. The molecule has 0 bridgehead atoms. The number of urea groups is 1. The first-order valence-corrected chi connectivity index (χ1v) is 13.8. The Bertz CT molecular complexity index is 1300. The molecule has 39 heavy (non-hydrogen) atoms. The van der Waals surface area contributed by atoms with Gasteiger partial charge in [0.25, 0.3) is 5.91 Å². The number of anilines is 2. The molecule has 1 aliphatic rings. The van der Waals surface area contributed by atoms with Crippen LogP contribution in [0, 0.1) is 5.92 Å². The van der Waals surface area contributed by atoms with Gasteiger partial charge in [-0.25, -0.2) is 17.5 Å². The summed E-state index contributed by atoms with van der Waals surface area (Å²) in [5.74, 6) is -0.588. The molecule has 0 saturated heterocycles. The minimum absolute atomic E-state index is 0.0184. The molecule has 1 aliphatic heterocycles. The minimum atomic E-state index is -4.51. The molecule has 0 spiro atoms. The number of carbonyl (C=O) groups is 2. The molecule has 0 unspecified atom stereocenters. The van der Waals surface area contributed by atoms with Crippen LogP contribution >= 0.6 is 0 Å². The topological polar surface area (TPSA) is 128 Å². The van der Waals surface area contributed by atoms with Crippen molar-refractivity contribution in [2.75, 3.05) is 43.6 Å². The number of aliphatic hydroxyl groups is 1. The first kappa shape index (κ1) is 30.2. The lowest BCUT2D eigenvalue weighted by atomic mass is 9.99. The molecule has 1 heterocycles. The van der Waals surface area contributed by atoms with Gasteiger partial charge < -0.3 is 25.4 Å². The Balaban J connectivity index is 1.86. The molecule has 0 radical (unpaired) electrons. The van der Waals surface area contributed by atoms with Crippen LogP contribution in [0.3, 0.4) is 0 Å². The summed E-state index contributed by atoms with van der Waals surface area (Å²) < 4.78 is 69.6. The molecule has 3 N–H and O–H groups in total. The molecular weight excluding hydrogens is 541 g/mol. The van der Waals surface area contributed by atoms with Crippen molar-refractivity contribution in [2.45, 2.75) is 32.2 Å². The Morgan fingerprint density at radius 2 is 1.77 bits per heavy atom. The minimum Gasteiger partial charge on any atom is -0.488 e. The number of rotatable bonds is 7. The molecule has 0 fully saturated rings. The van der Waals surface area contributed by atoms with Gasteiger partial charge >= 0.3 is 12.2 Å². The number of likely N-dealkylation sites (N-methyl/N-ethyl adjacent to an activating group) is 1. The van der Waals surface area contributed by atoms with E-state index < -0.39 is 45.8 Å². The second-order valence-electron chi connectivity index (χ2n) is 9.53. The quantitative estimate of drug-likeness (QED) is 0.466. The van der Waals surface area contributed by atoms with E-state index in [-0.39, 0.29) is 48.3 Å². The van der Waals surface area contributed by atoms with Gasteiger partial charge in [0.1, 0.15) is 11.9 Å². The van der Waals surface area contributed by atoms with Crippen molar-refractivity contribution in [3.63, 3.8) is 0 Å². The van der Waals surface area contributed by atoms with Gasteiger partial charge in [0.15, 0.2) is 0 Å². The van der Waals surface area contributed by atoms with Gasteiger partial charge in [0.05, 0.1) is 36.6 Å². The Morgan fingerprint density at radius 1 is 1.18 bits per heavy atom. The van der Waals surface area contributed by atoms with Crippen molar-refractivity contribution < 1.29 is 41.0 Å². The van der Waals surface area contributed by atoms with E-state index in [9.17, 15) is 36.3 Å². The van der Waals surface area contributed by atoms with E-state index >= 15 is 0 Å². The Morgan fingerprint density at radius 3 is 2.33 bits per heavy atom. The Kier molecular flexibility index (Phi) is 9.13. The third-order valence-corrected chi connectivity index (χ3v) is 7.68. The van der Waals surface area contributed by atoms with E-state index in [1.54, 1.807) is 6.92 Å². The Labute approximate surface area is 224 Å². The number of halogens is 3. The van der Waals surface area contributed by atoms with Gasteiger partial charge in [0, 0.05) is 30.9 Å². The van der Waals surface area contributed by atoms with E-state index in [1.165, 1.54) is 30.1 Å². The number of aliphatic hydroxyl groups excluding tert-OH is 1. The van der Waals surface area contributed by atoms with Gasteiger partial charge in [-0.05, 0) is 49.4 Å². The number of nitrogens with zero attached hydrogens (tertiary/aromatic N) is 2. The monoisotopic (exact) mass is 572 g/mol. The molecule has 2 aromatic carbocycles. The number of alkyl halides is 3. The van der Waals surface area contributed by atoms with Gasteiger partial charge in [-0.15, -0.1) is 0 Å². The van der Waals surface area contributed by atoms with Crippen molar-refractivity contribution in [1.29, 1.82) is 0 Å². The first-order valence-electron chi connectivity index (χ1n) is 12.0. The zero-order valence-corrected chi connectivity index (χ0v) is 22.6. The van der Waals surface area contributed by atoms with Crippen LogP contribution in [0.15, 0.2) is 42.5 Å². The molecule has 3 rings (SSSR count). The van der Waals surface area contributed by atoms with Gasteiger partial charge in [-0.2, -0.15) is 13.2 Å². The van der Waals surface area contributed by atoms with Gasteiger partial charge in [-0.1, -0.05) is 6.92 Å². The highest BCUT2D eigenvalue weighted by Gasteiger charge is 2.34. The summed E-state index contributed by atoms with van der Waals surface area (Å²) in [4.78, 5) is 27.4. The van der Waals surface area contributed by atoms with Crippen molar-refractivity contribution in [3.8, 4) is 5.75 Å². The SMILES string of the molecule is C[C@H]1CN([C@@H](C)CO)C(=O)c2cc(NC(=O)Nc3ccc(C(F)(F)F)cc3)ccc2O[C@H]1CN(C)S(C)(=O)=O. The number of sulfonamides is 1. The third-order valence-electron chi connectivity index (χ3n) is 6.40. The van der Waals surface area contributed by atoms with E-state index in [2.05, 4.69) is 10.6 Å². The van der Waals surface area contributed by atoms with Crippen LogP contribution in [0.4, 0.5) is 29.3 Å². The first-order chi connectivity index (χ1) is 18.1. The average molecular weight is 573 g/mol. The number of fused-ring (bicyclic) bond motifs is 1. The van der Waals surface area contributed by atoms with Crippen molar-refractivity contribution in [1.82, 2.24) is 9.21 Å². The van der Waals surface area contributed by atoms with Gasteiger partial charge in [0.2, 0.25) is 10.0 Å². The summed E-state index contributed by atoms with van der Waals surface area (Å²) in [6, 6.07) is 6.92. The number of ether oxygens (including phenoxy) is 1.